The molecule has 0 spiro atoms. The van der Waals surface area contributed by atoms with E-state index in [1.807, 2.05) is 20.8 Å². The zero-order valence-corrected chi connectivity index (χ0v) is 13.0. The number of aromatic carboxylic acids is 1. The van der Waals surface area contributed by atoms with Crippen LogP contribution in [0.2, 0.25) is 0 Å². The summed E-state index contributed by atoms with van der Waals surface area (Å²) in [7, 11) is 0. The number of pyridine rings is 1. The van der Waals surface area contributed by atoms with Crippen molar-refractivity contribution >= 4 is 17.7 Å². The average Bonchev–Trinajstić information content (AvgIpc) is 2.33. The number of carbonyl (C=O) groups is 1. The SMILES string of the molecule is CCCCCSc1cc(C(=O)O)cc(C(C)(C)C)n1. The number of carboxylic acid groups (broad SMARTS) is 1. The maximum Gasteiger partial charge on any atom is 0.335 e. The standard InChI is InChI=1S/C15H23NO2S/c1-5-6-7-8-19-13-10-11(14(17)18)9-12(16-13)15(2,3)4/h9-10H,5-8H2,1-4H3,(H,17,18). The minimum absolute atomic E-state index is 0.135. The van der Waals surface area contributed by atoms with Gasteiger partial charge in [-0.15, -0.1) is 11.8 Å². The van der Waals surface area contributed by atoms with Crippen LogP contribution in [0.4, 0.5) is 0 Å². The van der Waals surface area contributed by atoms with Crippen LogP contribution in [0.25, 0.3) is 0 Å². The average molecular weight is 281 g/mol. The molecule has 0 aromatic carbocycles. The van der Waals surface area contributed by atoms with Gasteiger partial charge in [0.15, 0.2) is 0 Å². The summed E-state index contributed by atoms with van der Waals surface area (Å²) in [6.45, 7) is 8.32. The van der Waals surface area contributed by atoms with Gasteiger partial charge in [-0.1, -0.05) is 40.5 Å². The van der Waals surface area contributed by atoms with Gasteiger partial charge in [-0.3, -0.25) is 0 Å². The van der Waals surface area contributed by atoms with Gasteiger partial charge < -0.3 is 5.11 Å². The second kappa shape index (κ2) is 6.94. The van der Waals surface area contributed by atoms with E-state index < -0.39 is 5.97 Å². The van der Waals surface area contributed by atoms with Crippen LogP contribution in [0.5, 0.6) is 0 Å². The predicted octanol–water partition coefficient (Wildman–Crippen LogP) is 4.36. The lowest BCUT2D eigenvalue weighted by Crippen LogP contribution is -2.15. The summed E-state index contributed by atoms with van der Waals surface area (Å²) in [5.74, 6) is 0.108. The van der Waals surface area contributed by atoms with E-state index in [0.717, 1.165) is 22.9 Å². The van der Waals surface area contributed by atoms with Crippen molar-refractivity contribution < 1.29 is 9.90 Å². The third-order valence-corrected chi connectivity index (χ3v) is 3.81. The van der Waals surface area contributed by atoms with E-state index in [9.17, 15) is 9.90 Å². The minimum atomic E-state index is -0.886. The van der Waals surface area contributed by atoms with E-state index in [1.165, 1.54) is 12.8 Å². The van der Waals surface area contributed by atoms with Crippen LogP contribution in [0, 0.1) is 0 Å². The second-order valence-electron chi connectivity index (χ2n) is 5.69. The highest BCUT2D eigenvalue weighted by atomic mass is 32.2. The highest BCUT2D eigenvalue weighted by Crippen LogP contribution is 2.26. The Bertz CT molecular complexity index is 438. The fourth-order valence-electron chi connectivity index (χ4n) is 1.62. The third kappa shape index (κ3) is 5.23. The van der Waals surface area contributed by atoms with Crippen molar-refractivity contribution in [3.8, 4) is 0 Å². The molecule has 1 aromatic heterocycles. The molecule has 1 rings (SSSR count). The molecule has 106 valence electrons. The molecule has 0 unspecified atom stereocenters. The molecular weight excluding hydrogens is 258 g/mol. The van der Waals surface area contributed by atoms with Crippen LogP contribution >= 0.6 is 11.8 Å². The fraction of sp³-hybridized carbons (Fsp3) is 0.600. The molecule has 1 N–H and O–H groups in total. The quantitative estimate of drug-likeness (QED) is 0.621. The first-order chi connectivity index (χ1) is 8.84. The monoisotopic (exact) mass is 281 g/mol. The van der Waals surface area contributed by atoms with Crippen molar-refractivity contribution in [3.05, 3.63) is 23.4 Å². The van der Waals surface area contributed by atoms with Crippen molar-refractivity contribution in [1.29, 1.82) is 0 Å². The molecule has 0 radical (unpaired) electrons. The number of aromatic nitrogens is 1. The van der Waals surface area contributed by atoms with Crippen molar-refractivity contribution in [3.63, 3.8) is 0 Å². The van der Waals surface area contributed by atoms with Gasteiger partial charge in [0.25, 0.3) is 0 Å². The molecule has 0 aliphatic heterocycles. The largest absolute Gasteiger partial charge is 0.478 e. The number of hydrogen-bond acceptors (Lipinski definition) is 3. The number of unbranched alkanes of at least 4 members (excludes halogenated alkanes) is 2. The van der Waals surface area contributed by atoms with Gasteiger partial charge in [0, 0.05) is 11.1 Å². The summed E-state index contributed by atoms with van der Waals surface area (Å²) >= 11 is 1.65. The lowest BCUT2D eigenvalue weighted by atomic mass is 9.91. The first-order valence-corrected chi connectivity index (χ1v) is 7.72. The molecule has 0 fully saturated rings. The van der Waals surface area contributed by atoms with E-state index in [4.69, 9.17) is 0 Å². The smallest absolute Gasteiger partial charge is 0.335 e. The van der Waals surface area contributed by atoms with Crippen LogP contribution in [-0.4, -0.2) is 21.8 Å². The second-order valence-corrected chi connectivity index (χ2v) is 6.81. The van der Waals surface area contributed by atoms with Crippen molar-refractivity contribution in [2.24, 2.45) is 0 Å². The van der Waals surface area contributed by atoms with E-state index in [0.29, 0.717) is 5.56 Å². The molecule has 0 saturated heterocycles. The molecule has 0 saturated carbocycles. The lowest BCUT2D eigenvalue weighted by Gasteiger charge is -2.19. The minimum Gasteiger partial charge on any atom is -0.478 e. The summed E-state index contributed by atoms with van der Waals surface area (Å²) < 4.78 is 0. The van der Waals surface area contributed by atoms with Crippen molar-refractivity contribution in [2.45, 2.75) is 57.4 Å². The molecule has 0 atom stereocenters. The zero-order valence-electron chi connectivity index (χ0n) is 12.2. The van der Waals surface area contributed by atoms with Gasteiger partial charge >= 0.3 is 5.97 Å². The number of hydrogen-bond donors (Lipinski definition) is 1. The van der Waals surface area contributed by atoms with Gasteiger partial charge in [0.05, 0.1) is 10.6 Å². The van der Waals surface area contributed by atoms with Gasteiger partial charge in [-0.2, -0.15) is 0 Å². The van der Waals surface area contributed by atoms with Crippen LogP contribution in [0.1, 0.15) is 63.0 Å². The van der Waals surface area contributed by atoms with Gasteiger partial charge in [-0.05, 0) is 24.3 Å². The van der Waals surface area contributed by atoms with Gasteiger partial charge in [-0.25, -0.2) is 9.78 Å². The Morgan fingerprint density at radius 1 is 1.32 bits per heavy atom. The van der Waals surface area contributed by atoms with Crippen LogP contribution in [0.3, 0.4) is 0 Å². The molecule has 0 amide bonds. The fourth-order valence-corrected chi connectivity index (χ4v) is 2.55. The van der Waals surface area contributed by atoms with Gasteiger partial charge in [0.2, 0.25) is 0 Å². The summed E-state index contributed by atoms with van der Waals surface area (Å²) in [6, 6.07) is 3.35. The van der Waals surface area contributed by atoms with Gasteiger partial charge in [0.1, 0.15) is 0 Å². The summed E-state index contributed by atoms with van der Waals surface area (Å²) in [5, 5.41) is 9.99. The molecule has 1 aromatic rings. The van der Waals surface area contributed by atoms with Crippen LogP contribution < -0.4 is 0 Å². The molecule has 1 heterocycles. The van der Waals surface area contributed by atoms with Crippen molar-refractivity contribution in [1.82, 2.24) is 4.98 Å². The highest BCUT2D eigenvalue weighted by Gasteiger charge is 2.19. The summed E-state index contributed by atoms with van der Waals surface area (Å²) in [5.41, 5.74) is 1.03. The number of carboxylic acids is 1. The number of nitrogens with zero attached hydrogens (tertiary/aromatic N) is 1. The molecular formula is C15H23NO2S. The highest BCUT2D eigenvalue weighted by molar-refractivity contribution is 7.99. The maximum absolute atomic E-state index is 11.2. The summed E-state index contributed by atoms with van der Waals surface area (Å²) in [4.78, 5) is 15.8. The van der Waals surface area contributed by atoms with E-state index in [1.54, 1.807) is 23.9 Å². The van der Waals surface area contributed by atoms with Crippen molar-refractivity contribution in [2.75, 3.05) is 5.75 Å². The molecule has 4 heteroatoms. The molecule has 0 aliphatic carbocycles. The Morgan fingerprint density at radius 2 is 2.00 bits per heavy atom. The van der Waals surface area contributed by atoms with Crippen LogP contribution in [-0.2, 0) is 5.41 Å². The maximum atomic E-state index is 11.2. The first-order valence-electron chi connectivity index (χ1n) is 6.73. The normalized spacial score (nSPS) is 11.6. The van der Waals surface area contributed by atoms with E-state index >= 15 is 0 Å². The molecule has 3 nitrogen and oxygen atoms in total. The number of thioether (sulfide) groups is 1. The zero-order chi connectivity index (χ0) is 14.5. The van der Waals surface area contributed by atoms with E-state index in [-0.39, 0.29) is 5.41 Å². The summed E-state index contributed by atoms with van der Waals surface area (Å²) in [6.07, 6.45) is 3.54. The Morgan fingerprint density at radius 3 is 2.53 bits per heavy atom. The molecule has 19 heavy (non-hydrogen) atoms. The number of rotatable bonds is 6. The topological polar surface area (TPSA) is 50.2 Å². The lowest BCUT2D eigenvalue weighted by molar-refractivity contribution is 0.0696. The Hall–Kier alpha value is -1.03. The Labute approximate surface area is 119 Å². The molecule has 0 bridgehead atoms. The Kier molecular flexibility index (Phi) is 5.85. The van der Waals surface area contributed by atoms with E-state index in [2.05, 4.69) is 11.9 Å². The predicted molar refractivity (Wildman–Crippen MR) is 80.1 cm³/mol. The van der Waals surface area contributed by atoms with Crippen LogP contribution in [0.15, 0.2) is 17.2 Å². The molecule has 0 aliphatic rings. The third-order valence-electron chi connectivity index (χ3n) is 2.82. The first kappa shape index (κ1) is 16.0. The Balaban J connectivity index is 2.91.